The molecule has 0 aliphatic carbocycles. The lowest BCUT2D eigenvalue weighted by Gasteiger charge is -1.97. The van der Waals surface area contributed by atoms with Crippen LogP contribution in [0.1, 0.15) is 0 Å². The molecule has 2 aromatic rings. The lowest BCUT2D eigenvalue weighted by atomic mass is 10.3. The average molecular weight is 211 g/mol. The molecule has 0 atom stereocenters. The van der Waals surface area contributed by atoms with Crippen molar-refractivity contribution < 1.29 is 15.0 Å². The molecule has 0 unspecified atom stereocenters. The highest BCUT2D eigenvalue weighted by Crippen LogP contribution is 2.20. The summed E-state index contributed by atoms with van der Waals surface area (Å²) in [5.41, 5.74) is 1.89. The molecule has 2 N–H and O–H groups in total. The van der Waals surface area contributed by atoms with Crippen molar-refractivity contribution in [1.29, 1.82) is 0 Å². The minimum absolute atomic E-state index is 0.809. The van der Waals surface area contributed by atoms with E-state index >= 15 is 0 Å². The van der Waals surface area contributed by atoms with Gasteiger partial charge in [-0.25, -0.2) is 4.98 Å². The maximum atomic E-state index is 8.36. The molecule has 15 heavy (non-hydrogen) atoms. The van der Waals surface area contributed by atoms with Crippen molar-refractivity contribution in [2.45, 2.75) is 0 Å². The predicted molar refractivity (Wildman–Crippen MR) is 51.4 cm³/mol. The number of aromatic amines is 1. The number of imidazole rings is 1. The fourth-order valence-electron chi connectivity index (χ4n) is 1.10. The molecule has 7 heteroatoms. The Morgan fingerprint density at radius 3 is 2.87 bits per heavy atom. The normalized spacial score (nSPS) is 9.13. The number of rotatable bonds is 1. The van der Waals surface area contributed by atoms with Crippen LogP contribution in [0.5, 0.6) is 5.75 Å². The second kappa shape index (κ2) is 4.80. The molecule has 7 nitrogen and oxygen atoms in total. The van der Waals surface area contributed by atoms with E-state index in [-0.39, 0.29) is 0 Å². The topological polar surface area (TPSA) is 101 Å². The van der Waals surface area contributed by atoms with Crippen molar-refractivity contribution in [3.05, 3.63) is 34.6 Å². The van der Waals surface area contributed by atoms with Gasteiger partial charge in [0.1, 0.15) is 11.3 Å². The zero-order valence-corrected chi connectivity index (χ0v) is 7.88. The number of H-pyrrole nitrogens is 1. The standard InChI is InChI=1S/C8H8N2O.HNO3/c1-11-7-4-2-3-6-8(7)10-5-9-6;2-1(3)4/h2-5H,1H3,(H,9,10);(H,2,3,4). The summed E-state index contributed by atoms with van der Waals surface area (Å²) in [6, 6.07) is 5.79. The van der Waals surface area contributed by atoms with Crippen LogP contribution in [0.4, 0.5) is 0 Å². The van der Waals surface area contributed by atoms with Gasteiger partial charge in [-0.1, -0.05) is 6.07 Å². The summed E-state index contributed by atoms with van der Waals surface area (Å²) in [6.07, 6.45) is 1.66. The van der Waals surface area contributed by atoms with Crippen LogP contribution in [-0.2, 0) is 0 Å². The Labute approximate surface area is 84.4 Å². The van der Waals surface area contributed by atoms with Crippen LogP contribution in [0, 0.1) is 10.1 Å². The minimum Gasteiger partial charge on any atom is -0.494 e. The molecule has 0 radical (unpaired) electrons. The molecule has 0 aliphatic heterocycles. The van der Waals surface area contributed by atoms with E-state index < -0.39 is 5.09 Å². The van der Waals surface area contributed by atoms with E-state index in [9.17, 15) is 0 Å². The summed E-state index contributed by atoms with van der Waals surface area (Å²) >= 11 is 0. The van der Waals surface area contributed by atoms with Gasteiger partial charge in [0, 0.05) is 0 Å². The molecule has 0 saturated carbocycles. The van der Waals surface area contributed by atoms with Crippen molar-refractivity contribution in [2.75, 3.05) is 7.11 Å². The summed E-state index contributed by atoms with van der Waals surface area (Å²) in [7, 11) is 1.64. The number of ether oxygens (including phenoxy) is 1. The van der Waals surface area contributed by atoms with Crippen LogP contribution >= 0.6 is 0 Å². The first-order chi connectivity index (χ1) is 7.15. The number of fused-ring (bicyclic) bond motifs is 1. The number of benzene rings is 1. The maximum Gasteiger partial charge on any atom is 0.291 e. The first-order valence-electron chi connectivity index (χ1n) is 3.94. The average Bonchev–Trinajstić information content (AvgIpc) is 2.63. The zero-order valence-electron chi connectivity index (χ0n) is 7.88. The number of hydrogen-bond donors (Lipinski definition) is 2. The van der Waals surface area contributed by atoms with Crippen molar-refractivity contribution in [1.82, 2.24) is 9.97 Å². The molecular formula is C8H9N3O4. The first-order valence-corrected chi connectivity index (χ1v) is 3.94. The van der Waals surface area contributed by atoms with Crippen LogP contribution in [0.2, 0.25) is 0 Å². The Morgan fingerprint density at radius 1 is 1.60 bits per heavy atom. The Morgan fingerprint density at radius 2 is 2.27 bits per heavy atom. The minimum atomic E-state index is -1.50. The highest BCUT2D eigenvalue weighted by Gasteiger charge is 2.00. The molecular weight excluding hydrogens is 202 g/mol. The van der Waals surface area contributed by atoms with Gasteiger partial charge in [0.2, 0.25) is 0 Å². The van der Waals surface area contributed by atoms with Gasteiger partial charge in [0.05, 0.1) is 19.0 Å². The van der Waals surface area contributed by atoms with E-state index in [0.29, 0.717) is 0 Å². The van der Waals surface area contributed by atoms with Crippen LogP contribution in [0.3, 0.4) is 0 Å². The van der Waals surface area contributed by atoms with E-state index in [1.54, 1.807) is 13.4 Å². The number of nitrogens with zero attached hydrogens (tertiary/aromatic N) is 2. The monoisotopic (exact) mass is 211 g/mol. The van der Waals surface area contributed by atoms with E-state index in [0.717, 1.165) is 16.8 Å². The summed E-state index contributed by atoms with van der Waals surface area (Å²) in [4.78, 5) is 15.5. The number of methoxy groups -OCH3 is 1. The SMILES string of the molecule is COc1cccc2[nH]cnc12.O=[N+]([O-])O. The van der Waals surface area contributed by atoms with Crippen molar-refractivity contribution >= 4 is 11.0 Å². The summed E-state index contributed by atoms with van der Waals surface area (Å²) in [6.45, 7) is 0. The lowest BCUT2D eigenvalue weighted by Crippen LogP contribution is -1.82. The van der Waals surface area contributed by atoms with Gasteiger partial charge in [-0.2, -0.15) is 0 Å². The fraction of sp³-hybridized carbons (Fsp3) is 0.125. The molecule has 0 bridgehead atoms. The van der Waals surface area contributed by atoms with Gasteiger partial charge in [0.15, 0.2) is 0 Å². The van der Waals surface area contributed by atoms with Crippen LogP contribution in [-0.4, -0.2) is 27.4 Å². The molecule has 0 fully saturated rings. The first kappa shape index (κ1) is 10.8. The number of nitrogens with one attached hydrogen (secondary N) is 1. The van der Waals surface area contributed by atoms with Crippen molar-refractivity contribution in [3.63, 3.8) is 0 Å². The van der Waals surface area contributed by atoms with E-state index in [1.165, 1.54) is 0 Å². The molecule has 1 aromatic heterocycles. The quantitative estimate of drug-likeness (QED) is 0.545. The molecule has 80 valence electrons. The maximum absolute atomic E-state index is 8.36. The molecule has 0 saturated heterocycles. The molecule has 1 heterocycles. The fourth-order valence-corrected chi connectivity index (χ4v) is 1.10. The van der Waals surface area contributed by atoms with Gasteiger partial charge in [-0.3, -0.25) is 0 Å². The number of aromatic nitrogens is 2. The second-order valence-corrected chi connectivity index (χ2v) is 2.50. The number of para-hydroxylation sites is 1. The third-order valence-corrected chi connectivity index (χ3v) is 1.63. The van der Waals surface area contributed by atoms with Crippen molar-refractivity contribution in [2.24, 2.45) is 0 Å². The summed E-state index contributed by atoms with van der Waals surface area (Å²) in [5, 5.41) is 13.6. The van der Waals surface area contributed by atoms with Gasteiger partial charge in [-0.15, -0.1) is 10.1 Å². The lowest BCUT2D eigenvalue weighted by molar-refractivity contribution is -0.742. The van der Waals surface area contributed by atoms with Crippen LogP contribution < -0.4 is 4.74 Å². The predicted octanol–water partition coefficient (Wildman–Crippen LogP) is 1.22. The largest absolute Gasteiger partial charge is 0.494 e. The molecule has 0 amide bonds. The van der Waals surface area contributed by atoms with Gasteiger partial charge in [0.25, 0.3) is 5.09 Å². The molecule has 1 aromatic carbocycles. The van der Waals surface area contributed by atoms with E-state index in [4.69, 9.17) is 20.1 Å². The Bertz CT molecular complexity index is 450. The highest BCUT2D eigenvalue weighted by atomic mass is 16.9. The Kier molecular flexibility index (Phi) is 3.44. The highest BCUT2D eigenvalue weighted by molar-refractivity contribution is 5.80. The second-order valence-electron chi connectivity index (χ2n) is 2.50. The van der Waals surface area contributed by atoms with Crippen LogP contribution in [0.25, 0.3) is 11.0 Å². The van der Waals surface area contributed by atoms with Crippen molar-refractivity contribution in [3.8, 4) is 5.75 Å². The number of hydrogen-bond acceptors (Lipinski definition) is 4. The third-order valence-electron chi connectivity index (χ3n) is 1.63. The van der Waals surface area contributed by atoms with E-state index in [2.05, 4.69) is 9.97 Å². The summed E-state index contributed by atoms with van der Waals surface area (Å²) < 4.78 is 5.10. The van der Waals surface area contributed by atoms with Gasteiger partial charge in [-0.05, 0) is 12.1 Å². The Hall–Kier alpha value is -2.31. The molecule has 2 rings (SSSR count). The smallest absolute Gasteiger partial charge is 0.291 e. The van der Waals surface area contributed by atoms with Crippen LogP contribution in [0.15, 0.2) is 24.5 Å². The van der Waals surface area contributed by atoms with Gasteiger partial charge < -0.3 is 14.9 Å². The molecule has 0 aliphatic rings. The molecule has 0 spiro atoms. The third kappa shape index (κ3) is 2.83. The summed E-state index contributed by atoms with van der Waals surface area (Å²) in [5.74, 6) is 0.809. The zero-order chi connectivity index (χ0) is 11.3. The Balaban J connectivity index is 0.000000245. The van der Waals surface area contributed by atoms with Gasteiger partial charge >= 0.3 is 0 Å². The van der Waals surface area contributed by atoms with E-state index in [1.807, 2.05) is 18.2 Å².